The number of nitriles is 1. The first-order valence-corrected chi connectivity index (χ1v) is 20.0. The minimum atomic E-state index is -4.28. The molecule has 3 aliphatic heterocycles. The van der Waals surface area contributed by atoms with Crippen LogP contribution in [0.3, 0.4) is 0 Å². The number of alkyl halides is 3. The summed E-state index contributed by atoms with van der Waals surface area (Å²) in [4.78, 5) is 17.0. The van der Waals surface area contributed by atoms with Crippen molar-refractivity contribution in [1.82, 2.24) is 24.3 Å². The molecule has 0 aliphatic carbocycles. The summed E-state index contributed by atoms with van der Waals surface area (Å²) in [6.07, 6.45) is -0.596. The maximum atomic E-state index is 13.2. The minimum absolute atomic E-state index is 0.0764. The summed E-state index contributed by atoms with van der Waals surface area (Å²) in [5.74, 6) is 1.12. The number of aromatic nitrogens is 3. The van der Waals surface area contributed by atoms with E-state index >= 15 is 0 Å². The quantitative estimate of drug-likeness (QED) is 0.236. The second-order valence-electron chi connectivity index (χ2n) is 14.4. The molecule has 1 N–H and O–H groups in total. The van der Waals surface area contributed by atoms with E-state index in [4.69, 9.17) is 4.98 Å². The summed E-state index contributed by atoms with van der Waals surface area (Å²) < 4.78 is 65.6. The van der Waals surface area contributed by atoms with Gasteiger partial charge in [0.05, 0.1) is 17.1 Å². The molecule has 3 aromatic heterocycles. The third-order valence-corrected chi connectivity index (χ3v) is 13.7. The molecule has 0 saturated carbocycles. The van der Waals surface area contributed by atoms with E-state index in [0.29, 0.717) is 47.1 Å². The van der Waals surface area contributed by atoms with E-state index in [1.54, 1.807) is 13.1 Å². The number of anilines is 2. The van der Waals surface area contributed by atoms with Gasteiger partial charge in [-0.3, -0.25) is 4.90 Å². The van der Waals surface area contributed by atoms with Gasteiger partial charge in [0, 0.05) is 73.8 Å². The zero-order chi connectivity index (χ0) is 35.4. The average molecular weight is 729 g/mol. The number of hydrogen-bond donors (Lipinski definition) is 1. The summed E-state index contributed by atoms with van der Waals surface area (Å²) in [6, 6.07) is 10.3. The number of fused-ring (bicyclic) bond motifs is 2. The molecule has 50 heavy (non-hydrogen) atoms. The summed E-state index contributed by atoms with van der Waals surface area (Å²) in [7, 11) is -1.29. The van der Waals surface area contributed by atoms with Crippen LogP contribution in [-0.2, 0) is 29.3 Å². The van der Waals surface area contributed by atoms with Crippen molar-refractivity contribution >= 4 is 54.1 Å². The largest absolute Gasteiger partial charge is 0.393 e. The van der Waals surface area contributed by atoms with E-state index in [1.165, 1.54) is 17.4 Å². The average Bonchev–Trinajstić information content (AvgIpc) is 3.85. The fraction of sp³-hybridized carbons (Fsp3) is 0.571. The van der Waals surface area contributed by atoms with Gasteiger partial charge in [0.2, 0.25) is 5.95 Å². The Morgan fingerprint density at radius 2 is 1.80 bits per heavy atom. The normalized spacial score (nSPS) is 21.3. The van der Waals surface area contributed by atoms with Crippen molar-refractivity contribution in [2.45, 2.75) is 63.5 Å². The Morgan fingerprint density at radius 3 is 2.50 bits per heavy atom. The lowest BCUT2D eigenvalue weighted by molar-refractivity contribution is -0.126. The van der Waals surface area contributed by atoms with Crippen LogP contribution >= 0.6 is 11.3 Å². The van der Waals surface area contributed by atoms with Crippen LogP contribution in [0.4, 0.5) is 24.9 Å². The molecule has 0 amide bonds. The number of benzene rings is 1. The Balaban J connectivity index is 1.03. The summed E-state index contributed by atoms with van der Waals surface area (Å²) in [5, 5.41) is 14.5. The first-order chi connectivity index (χ1) is 23.7. The molecule has 268 valence electrons. The number of aryl methyl sites for hydroxylation is 1. The molecular formula is C35H43F3N8O2S2. The number of halogens is 3. The number of sulfone groups is 1. The number of likely N-dealkylation sites (tertiary alicyclic amines) is 2. The lowest BCUT2D eigenvalue weighted by Gasteiger charge is -2.31. The van der Waals surface area contributed by atoms with E-state index in [0.717, 1.165) is 87.4 Å². The first-order valence-electron chi connectivity index (χ1n) is 17.2. The van der Waals surface area contributed by atoms with Crippen molar-refractivity contribution in [2.24, 2.45) is 5.41 Å². The smallest absolute Gasteiger partial charge is 0.357 e. The Labute approximate surface area is 294 Å². The molecule has 4 aromatic rings. The van der Waals surface area contributed by atoms with Crippen LogP contribution in [0.25, 0.3) is 21.1 Å². The zero-order valence-corrected chi connectivity index (χ0v) is 30.3. The number of nitrogens with zero attached hydrogens (tertiary/aromatic N) is 7. The van der Waals surface area contributed by atoms with Gasteiger partial charge in [0.25, 0.3) is 0 Å². The van der Waals surface area contributed by atoms with Crippen LogP contribution in [-0.4, -0.2) is 103 Å². The van der Waals surface area contributed by atoms with Crippen molar-refractivity contribution in [2.75, 3.05) is 69.3 Å². The topological polar surface area (TPSA) is 110 Å². The first kappa shape index (κ1) is 35.0. The van der Waals surface area contributed by atoms with Crippen LogP contribution in [0.1, 0.15) is 47.4 Å². The van der Waals surface area contributed by atoms with Gasteiger partial charge in [-0.15, -0.1) is 11.3 Å². The molecule has 3 aliphatic rings. The lowest BCUT2D eigenvalue weighted by Crippen LogP contribution is -2.40. The number of rotatable bonds is 9. The second-order valence-corrected chi connectivity index (χ2v) is 17.9. The number of nitrogens with one attached hydrogen (secondary N) is 1. The highest BCUT2D eigenvalue weighted by Gasteiger charge is 2.44. The molecule has 15 heteroatoms. The fourth-order valence-electron chi connectivity index (χ4n) is 8.28. The van der Waals surface area contributed by atoms with Crippen molar-refractivity contribution in [1.29, 1.82) is 5.26 Å². The van der Waals surface area contributed by atoms with Crippen LogP contribution in [0, 0.1) is 23.7 Å². The molecule has 1 aromatic carbocycles. The third-order valence-electron chi connectivity index (χ3n) is 11.0. The Morgan fingerprint density at radius 1 is 1.04 bits per heavy atom. The second kappa shape index (κ2) is 13.3. The van der Waals surface area contributed by atoms with Gasteiger partial charge in [-0.05, 0) is 81.6 Å². The number of thiophene rings is 1. The third kappa shape index (κ3) is 7.04. The monoisotopic (exact) mass is 728 g/mol. The van der Waals surface area contributed by atoms with E-state index in [-0.39, 0.29) is 15.5 Å². The highest BCUT2D eigenvalue weighted by molar-refractivity contribution is 7.91. The van der Waals surface area contributed by atoms with Gasteiger partial charge in [0.1, 0.15) is 32.2 Å². The van der Waals surface area contributed by atoms with Crippen molar-refractivity contribution < 1.29 is 21.6 Å². The zero-order valence-electron chi connectivity index (χ0n) is 28.7. The molecule has 0 bridgehead atoms. The predicted octanol–water partition coefficient (Wildman–Crippen LogP) is 5.58. The van der Waals surface area contributed by atoms with Crippen LogP contribution in [0.15, 0.2) is 24.3 Å². The molecule has 3 fully saturated rings. The van der Waals surface area contributed by atoms with E-state index < -0.39 is 22.4 Å². The molecular weight excluding hydrogens is 686 g/mol. The predicted molar refractivity (Wildman–Crippen MR) is 192 cm³/mol. The maximum absolute atomic E-state index is 13.2. The molecule has 10 nitrogen and oxygen atoms in total. The highest BCUT2D eigenvalue weighted by Crippen LogP contribution is 2.44. The van der Waals surface area contributed by atoms with Gasteiger partial charge in [0.15, 0.2) is 0 Å². The summed E-state index contributed by atoms with van der Waals surface area (Å²) in [6.45, 7) is 9.33. The van der Waals surface area contributed by atoms with E-state index in [1.807, 2.05) is 6.07 Å². The van der Waals surface area contributed by atoms with Crippen LogP contribution in [0.5, 0.6) is 0 Å². The molecule has 0 radical (unpaired) electrons. The SMILES string of the molecule is CNc1nc(N2CCC3(CCN(Cc4ccc5c(cc(C#N)n5CCN5CCC(S(C)(=O)=O)CC5)c4C)C3)C2)c2cc(CC(F)(F)F)sc2n1. The van der Waals surface area contributed by atoms with Gasteiger partial charge in [-0.25, -0.2) is 13.4 Å². The van der Waals surface area contributed by atoms with Crippen LogP contribution in [0.2, 0.25) is 0 Å². The van der Waals surface area contributed by atoms with E-state index in [9.17, 15) is 26.9 Å². The molecule has 1 spiro atoms. The summed E-state index contributed by atoms with van der Waals surface area (Å²) >= 11 is 1.08. The molecule has 6 heterocycles. The fourth-order valence-corrected chi connectivity index (χ4v) is 10.4. The minimum Gasteiger partial charge on any atom is -0.357 e. The Hall–Kier alpha value is -3.45. The van der Waals surface area contributed by atoms with Crippen molar-refractivity contribution in [3.8, 4) is 6.07 Å². The van der Waals surface area contributed by atoms with Gasteiger partial charge in [-0.2, -0.15) is 23.4 Å². The molecule has 7 rings (SSSR count). The van der Waals surface area contributed by atoms with Gasteiger partial charge < -0.3 is 19.7 Å². The summed E-state index contributed by atoms with van der Waals surface area (Å²) in [5.41, 5.74) is 4.17. The highest BCUT2D eigenvalue weighted by atomic mass is 32.2. The van der Waals surface area contributed by atoms with E-state index in [2.05, 4.69) is 54.7 Å². The number of hydrogen-bond acceptors (Lipinski definition) is 10. The Kier molecular flexibility index (Phi) is 9.28. The van der Waals surface area contributed by atoms with Gasteiger partial charge >= 0.3 is 6.18 Å². The standard InChI is InChI=1S/C35H43F3N8O2S2/c1-23-24(4-5-30-28(23)16-25(19-39)46(30)15-14-43-10-6-27(7-11-43)50(3,47)48)20-44-12-8-34(21-44)9-13-45(22-34)31-29-17-26(18-35(36,37)38)49-32(29)42-33(40-2)41-31/h4-5,16-17,27H,6-15,18,20-22H2,1-3H3,(H,40,41,42). The molecule has 1 atom stereocenters. The lowest BCUT2D eigenvalue weighted by atomic mass is 9.86. The Bertz CT molecular complexity index is 2060. The van der Waals surface area contributed by atoms with Crippen molar-refractivity contribution in [3.05, 3.63) is 46.0 Å². The molecule has 3 saturated heterocycles. The van der Waals surface area contributed by atoms with Crippen LogP contribution < -0.4 is 10.2 Å². The number of piperidine rings is 1. The molecule has 1 unspecified atom stereocenters. The van der Waals surface area contributed by atoms with Gasteiger partial charge in [-0.1, -0.05) is 6.07 Å². The maximum Gasteiger partial charge on any atom is 0.393 e. The van der Waals surface area contributed by atoms with Crippen molar-refractivity contribution in [3.63, 3.8) is 0 Å².